The quantitative estimate of drug-likeness (QED) is 0.834. The molecule has 19 heavy (non-hydrogen) atoms. The molecule has 104 valence electrons. The van der Waals surface area contributed by atoms with E-state index in [1.807, 2.05) is 0 Å². The number of hydrogen-bond acceptors (Lipinski definition) is 2. The number of pyridine rings is 1. The van der Waals surface area contributed by atoms with Gasteiger partial charge in [-0.3, -0.25) is 4.79 Å². The Balaban J connectivity index is 1.98. The highest BCUT2D eigenvalue weighted by Gasteiger charge is 2.37. The largest absolute Gasteiger partial charge is 0.324 e. The number of aromatic nitrogens is 1. The van der Waals surface area contributed by atoms with Crippen LogP contribution in [0.25, 0.3) is 0 Å². The Morgan fingerprint density at radius 1 is 1.42 bits per heavy atom. The van der Waals surface area contributed by atoms with Gasteiger partial charge in [-0.25, -0.2) is 13.8 Å². The number of amides is 1. The zero-order chi connectivity index (χ0) is 14.0. The molecule has 1 aromatic heterocycles. The third kappa shape index (κ3) is 3.72. The molecule has 1 heterocycles. The van der Waals surface area contributed by atoms with E-state index in [-0.39, 0.29) is 37.5 Å². The lowest BCUT2D eigenvalue weighted by Crippen LogP contribution is -2.32. The maximum absolute atomic E-state index is 13.0. The van der Waals surface area contributed by atoms with Crippen LogP contribution < -0.4 is 5.32 Å². The molecule has 0 atom stereocenters. The molecule has 0 aromatic carbocycles. The molecule has 0 bridgehead atoms. The van der Waals surface area contributed by atoms with Crippen molar-refractivity contribution in [1.82, 2.24) is 4.98 Å². The van der Waals surface area contributed by atoms with Gasteiger partial charge in [-0.2, -0.15) is 0 Å². The first-order chi connectivity index (χ1) is 8.87. The standard InChI is InChI=1S/C13H15BrF2N2O/c1-8-10(2-3-11(14)17-8)18-12(19)9-4-6-13(15,16)7-5-9/h2-3,9H,4-7H2,1H3,(H,18,19). The first-order valence-corrected chi connectivity index (χ1v) is 6.98. The first-order valence-electron chi connectivity index (χ1n) is 6.19. The SMILES string of the molecule is Cc1nc(Br)ccc1NC(=O)C1CCC(F)(F)CC1. The van der Waals surface area contributed by atoms with Crippen LogP contribution in [-0.2, 0) is 4.79 Å². The summed E-state index contributed by atoms with van der Waals surface area (Å²) in [5, 5.41) is 2.77. The van der Waals surface area contributed by atoms with Crippen LogP contribution >= 0.6 is 15.9 Å². The van der Waals surface area contributed by atoms with Gasteiger partial charge < -0.3 is 5.32 Å². The number of hydrogen-bond donors (Lipinski definition) is 1. The lowest BCUT2D eigenvalue weighted by atomic mass is 9.86. The van der Waals surface area contributed by atoms with Crippen molar-refractivity contribution in [3.63, 3.8) is 0 Å². The van der Waals surface area contributed by atoms with Gasteiger partial charge in [0.25, 0.3) is 0 Å². The fourth-order valence-electron chi connectivity index (χ4n) is 2.20. The molecule has 1 fully saturated rings. The second-order valence-electron chi connectivity index (χ2n) is 4.89. The molecule has 1 aliphatic carbocycles. The second kappa shape index (κ2) is 5.53. The Morgan fingerprint density at radius 3 is 2.63 bits per heavy atom. The Hall–Kier alpha value is -1.04. The van der Waals surface area contributed by atoms with E-state index in [0.29, 0.717) is 16.0 Å². The van der Waals surface area contributed by atoms with E-state index in [1.165, 1.54) is 0 Å². The molecule has 2 rings (SSSR count). The Morgan fingerprint density at radius 2 is 2.05 bits per heavy atom. The van der Waals surface area contributed by atoms with E-state index in [0.717, 1.165) is 0 Å². The minimum atomic E-state index is -2.61. The number of anilines is 1. The predicted octanol–water partition coefficient (Wildman–Crippen LogP) is 3.92. The van der Waals surface area contributed by atoms with E-state index in [1.54, 1.807) is 19.1 Å². The maximum atomic E-state index is 13.0. The zero-order valence-electron chi connectivity index (χ0n) is 10.5. The summed E-state index contributed by atoms with van der Waals surface area (Å²) < 4.78 is 26.8. The molecule has 1 N–H and O–H groups in total. The fourth-order valence-corrected chi connectivity index (χ4v) is 2.60. The molecular formula is C13H15BrF2N2O. The second-order valence-corrected chi connectivity index (χ2v) is 5.70. The molecule has 0 spiro atoms. The third-order valence-corrected chi connectivity index (χ3v) is 3.84. The highest BCUT2D eigenvalue weighted by Crippen LogP contribution is 2.36. The van der Waals surface area contributed by atoms with Crippen molar-refractivity contribution >= 4 is 27.5 Å². The number of rotatable bonds is 2. The molecule has 3 nitrogen and oxygen atoms in total. The number of carbonyl (C=O) groups is 1. The van der Waals surface area contributed by atoms with Gasteiger partial charge in [0.2, 0.25) is 11.8 Å². The number of carbonyl (C=O) groups excluding carboxylic acids is 1. The van der Waals surface area contributed by atoms with Crippen LogP contribution in [0.3, 0.4) is 0 Å². The summed E-state index contributed by atoms with van der Waals surface area (Å²) in [6, 6.07) is 3.49. The van der Waals surface area contributed by atoms with Gasteiger partial charge >= 0.3 is 0 Å². The van der Waals surface area contributed by atoms with Crippen LogP contribution in [-0.4, -0.2) is 16.8 Å². The number of halogens is 3. The number of aryl methyl sites for hydroxylation is 1. The Kier molecular flexibility index (Phi) is 4.18. The monoisotopic (exact) mass is 332 g/mol. The van der Waals surface area contributed by atoms with E-state index < -0.39 is 5.92 Å². The highest BCUT2D eigenvalue weighted by molar-refractivity contribution is 9.10. The van der Waals surface area contributed by atoms with E-state index in [2.05, 4.69) is 26.2 Å². The van der Waals surface area contributed by atoms with Crippen molar-refractivity contribution in [2.24, 2.45) is 5.92 Å². The lowest BCUT2D eigenvalue weighted by molar-refractivity contribution is -0.124. The number of alkyl halides is 2. The van der Waals surface area contributed by atoms with Gasteiger partial charge in [-0.05, 0) is 47.8 Å². The maximum Gasteiger partial charge on any atom is 0.248 e. The van der Waals surface area contributed by atoms with Gasteiger partial charge in [0.15, 0.2) is 0 Å². The van der Waals surface area contributed by atoms with Crippen molar-refractivity contribution in [2.45, 2.75) is 38.5 Å². The molecule has 1 saturated carbocycles. The van der Waals surface area contributed by atoms with Crippen LogP contribution in [0.1, 0.15) is 31.4 Å². The van der Waals surface area contributed by atoms with Crippen molar-refractivity contribution in [2.75, 3.05) is 5.32 Å². The lowest BCUT2D eigenvalue weighted by Gasteiger charge is -2.27. The molecule has 1 aliphatic rings. The summed E-state index contributed by atoms with van der Waals surface area (Å²) in [6.45, 7) is 1.79. The first kappa shape index (κ1) is 14.4. The molecular weight excluding hydrogens is 318 g/mol. The van der Waals surface area contributed by atoms with Crippen molar-refractivity contribution < 1.29 is 13.6 Å². The van der Waals surface area contributed by atoms with E-state index >= 15 is 0 Å². The van der Waals surface area contributed by atoms with Crippen molar-refractivity contribution in [1.29, 1.82) is 0 Å². The molecule has 0 unspecified atom stereocenters. The summed E-state index contributed by atoms with van der Waals surface area (Å²) in [5.41, 5.74) is 1.33. The average Bonchev–Trinajstić information content (AvgIpc) is 2.32. The Labute approximate surface area is 118 Å². The van der Waals surface area contributed by atoms with E-state index in [4.69, 9.17) is 0 Å². The topological polar surface area (TPSA) is 42.0 Å². The van der Waals surface area contributed by atoms with Crippen LogP contribution in [0.2, 0.25) is 0 Å². The van der Waals surface area contributed by atoms with Crippen LogP contribution in [0.5, 0.6) is 0 Å². The minimum Gasteiger partial charge on any atom is -0.324 e. The molecule has 6 heteroatoms. The number of nitrogens with one attached hydrogen (secondary N) is 1. The van der Waals surface area contributed by atoms with Gasteiger partial charge in [0.05, 0.1) is 11.4 Å². The predicted molar refractivity (Wildman–Crippen MR) is 72.2 cm³/mol. The molecule has 1 amide bonds. The van der Waals surface area contributed by atoms with Crippen LogP contribution in [0, 0.1) is 12.8 Å². The average molecular weight is 333 g/mol. The van der Waals surface area contributed by atoms with Crippen molar-refractivity contribution in [3.05, 3.63) is 22.4 Å². The summed E-state index contributed by atoms with van der Waals surface area (Å²) in [6.07, 6.45) is 0.0645. The highest BCUT2D eigenvalue weighted by atomic mass is 79.9. The fraction of sp³-hybridized carbons (Fsp3) is 0.538. The smallest absolute Gasteiger partial charge is 0.248 e. The minimum absolute atomic E-state index is 0.192. The van der Waals surface area contributed by atoms with Crippen LogP contribution in [0.4, 0.5) is 14.5 Å². The van der Waals surface area contributed by atoms with Gasteiger partial charge in [-0.15, -0.1) is 0 Å². The van der Waals surface area contributed by atoms with Gasteiger partial charge in [-0.1, -0.05) is 0 Å². The normalized spacial score (nSPS) is 19.2. The van der Waals surface area contributed by atoms with Gasteiger partial charge in [0.1, 0.15) is 4.60 Å². The zero-order valence-corrected chi connectivity index (χ0v) is 12.1. The number of nitrogens with zero attached hydrogens (tertiary/aromatic N) is 1. The summed E-state index contributed by atoms with van der Waals surface area (Å²) >= 11 is 3.24. The summed E-state index contributed by atoms with van der Waals surface area (Å²) in [7, 11) is 0. The molecule has 1 aromatic rings. The Bertz CT molecular complexity index is 484. The molecule has 0 saturated heterocycles. The summed E-state index contributed by atoms with van der Waals surface area (Å²) in [5.74, 6) is -3.13. The van der Waals surface area contributed by atoms with Crippen LogP contribution in [0.15, 0.2) is 16.7 Å². The molecule has 0 aliphatic heterocycles. The molecule has 0 radical (unpaired) electrons. The van der Waals surface area contributed by atoms with E-state index in [9.17, 15) is 13.6 Å². The third-order valence-electron chi connectivity index (χ3n) is 3.40. The van der Waals surface area contributed by atoms with Gasteiger partial charge in [0, 0.05) is 18.8 Å². The summed E-state index contributed by atoms with van der Waals surface area (Å²) in [4.78, 5) is 16.2. The van der Waals surface area contributed by atoms with Crippen molar-refractivity contribution in [3.8, 4) is 0 Å².